The Hall–Kier alpha value is -0.780. The Morgan fingerprint density at radius 2 is 1.67 bits per heavy atom. The van der Waals surface area contributed by atoms with Gasteiger partial charge in [0.1, 0.15) is 6.61 Å². The van der Waals surface area contributed by atoms with Crippen LogP contribution in [0.15, 0.2) is 24.3 Å². The SMILES string of the molecule is CSC1COC(/C=C/C=C/C2CCC(OCC(F)(F)C(F)F)CC2C(F)(F)F)OC1. The van der Waals surface area contributed by atoms with Gasteiger partial charge in [0.15, 0.2) is 6.29 Å². The average Bonchev–Trinajstić information content (AvgIpc) is 2.69. The van der Waals surface area contributed by atoms with E-state index in [1.165, 1.54) is 12.2 Å². The van der Waals surface area contributed by atoms with E-state index in [-0.39, 0.29) is 18.1 Å². The zero-order chi connectivity index (χ0) is 22.4. The van der Waals surface area contributed by atoms with Gasteiger partial charge in [-0.15, -0.1) is 0 Å². The summed E-state index contributed by atoms with van der Waals surface area (Å²) in [6, 6.07) is 0. The number of thioether (sulfide) groups is 1. The molecule has 2 rings (SSSR count). The molecule has 0 radical (unpaired) electrons. The van der Waals surface area contributed by atoms with Crippen molar-refractivity contribution in [3.63, 3.8) is 0 Å². The third-order valence-corrected chi connectivity index (χ3v) is 6.01. The molecule has 0 amide bonds. The fourth-order valence-corrected chi connectivity index (χ4v) is 3.74. The summed E-state index contributed by atoms with van der Waals surface area (Å²) < 4.78 is 106. The van der Waals surface area contributed by atoms with Crippen molar-refractivity contribution >= 4 is 11.8 Å². The van der Waals surface area contributed by atoms with E-state index in [0.29, 0.717) is 13.2 Å². The fraction of sp³-hybridized carbons (Fsp3) is 0.789. The summed E-state index contributed by atoms with van der Waals surface area (Å²) >= 11 is 1.62. The number of allylic oxidation sites excluding steroid dienone is 3. The van der Waals surface area contributed by atoms with Crippen LogP contribution >= 0.6 is 11.8 Å². The standard InChI is InChI=1S/C19H25F7O3S/c1-30-14-9-27-16(28-10-14)5-3-2-4-12-6-7-13(8-15(12)19(24,25)26)29-11-18(22,23)17(20)21/h2-5,12-17H,6-11H2,1H3/b4-2+,5-3+. The lowest BCUT2D eigenvalue weighted by Crippen LogP contribution is -2.40. The van der Waals surface area contributed by atoms with Crippen molar-refractivity contribution in [1.29, 1.82) is 0 Å². The zero-order valence-electron chi connectivity index (χ0n) is 16.3. The van der Waals surface area contributed by atoms with Gasteiger partial charge >= 0.3 is 18.5 Å². The Balaban J connectivity index is 1.88. The molecule has 1 aliphatic carbocycles. The minimum Gasteiger partial charge on any atom is -0.372 e. The molecule has 174 valence electrons. The zero-order valence-corrected chi connectivity index (χ0v) is 17.1. The van der Waals surface area contributed by atoms with E-state index in [2.05, 4.69) is 0 Å². The van der Waals surface area contributed by atoms with Crippen LogP contribution in [0.3, 0.4) is 0 Å². The number of alkyl halides is 7. The summed E-state index contributed by atoms with van der Waals surface area (Å²) in [5, 5.41) is 0.246. The third-order valence-electron chi connectivity index (χ3n) is 5.07. The van der Waals surface area contributed by atoms with Crippen molar-refractivity contribution in [3.8, 4) is 0 Å². The Morgan fingerprint density at radius 3 is 2.23 bits per heavy atom. The number of hydrogen-bond acceptors (Lipinski definition) is 4. The normalized spacial score (nSPS) is 31.8. The van der Waals surface area contributed by atoms with Gasteiger partial charge in [0.2, 0.25) is 0 Å². The van der Waals surface area contributed by atoms with Crippen molar-refractivity contribution in [3.05, 3.63) is 24.3 Å². The molecule has 0 aromatic heterocycles. The topological polar surface area (TPSA) is 27.7 Å². The van der Waals surface area contributed by atoms with Crippen LogP contribution in [0.2, 0.25) is 0 Å². The van der Waals surface area contributed by atoms with Crippen LogP contribution in [0.25, 0.3) is 0 Å². The summed E-state index contributed by atoms with van der Waals surface area (Å²) in [6.45, 7) is -0.558. The highest BCUT2D eigenvalue weighted by molar-refractivity contribution is 7.99. The van der Waals surface area contributed by atoms with E-state index in [1.807, 2.05) is 6.26 Å². The Labute approximate surface area is 175 Å². The minimum absolute atomic E-state index is 0.0469. The second-order valence-electron chi connectivity index (χ2n) is 7.28. The number of halogens is 7. The first-order valence-corrected chi connectivity index (χ1v) is 10.8. The highest BCUT2D eigenvalue weighted by atomic mass is 32.2. The second-order valence-corrected chi connectivity index (χ2v) is 8.42. The summed E-state index contributed by atoms with van der Waals surface area (Å²) in [5.41, 5.74) is 0. The van der Waals surface area contributed by atoms with E-state index in [0.717, 1.165) is 0 Å². The Morgan fingerprint density at radius 1 is 1.03 bits per heavy atom. The predicted molar refractivity (Wildman–Crippen MR) is 98.9 cm³/mol. The molecule has 3 unspecified atom stereocenters. The molecule has 1 saturated heterocycles. The number of rotatable bonds is 8. The molecule has 2 fully saturated rings. The van der Waals surface area contributed by atoms with E-state index in [9.17, 15) is 30.7 Å². The lowest BCUT2D eigenvalue weighted by molar-refractivity contribution is -0.214. The maximum Gasteiger partial charge on any atom is 0.392 e. The quantitative estimate of drug-likeness (QED) is 0.350. The van der Waals surface area contributed by atoms with Gasteiger partial charge in [-0.2, -0.15) is 33.7 Å². The molecule has 30 heavy (non-hydrogen) atoms. The molecule has 0 N–H and O–H groups in total. The van der Waals surface area contributed by atoms with Gasteiger partial charge in [0.25, 0.3) is 0 Å². The van der Waals surface area contributed by atoms with Crippen LogP contribution < -0.4 is 0 Å². The number of hydrogen-bond donors (Lipinski definition) is 0. The smallest absolute Gasteiger partial charge is 0.372 e. The molecule has 1 aliphatic heterocycles. The molecule has 3 atom stereocenters. The predicted octanol–water partition coefficient (Wildman–Crippen LogP) is 5.47. The van der Waals surface area contributed by atoms with E-state index < -0.39 is 55.8 Å². The molecule has 0 spiro atoms. The molecule has 0 bridgehead atoms. The average molecular weight is 466 g/mol. The Kier molecular flexibility index (Phi) is 9.51. The largest absolute Gasteiger partial charge is 0.392 e. The van der Waals surface area contributed by atoms with E-state index in [1.54, 1.807) is 23.9 Å². The van der Waals surface area contributed by atoms with Gasteiger partial charge in [-0.05, 0) is 37.5 Å². The van der Waals surface area contributed by atoms with Crippen molar-refractivity contribution in [2.45, 2.75) is 55.4 Å². The van der Waals surface area contributed by atoms with Crippen molar-refractivity contribution in [2.24, 2.45) is 11.8 Å². The minimum atomic E-state index is -4.56. The molecule has 3 nitrogen and oxygen atoms in total. The van der Waals surface area contributed by atoms with Crippen molar-refractivity contribution in [2.75, 3.05) is 26.1 Å². The maximum absolute atomic E-state index is 13.4. The van der Waals surface area contributed by atoms with Gasteiger partial charge in [-0.1, -0.05) is 18.2 Å². The summed E-state index contributed by atoms with van der Waals surface area (Å²) in [6.07, 6.45) is -2.65. The summed E-state index contributed by atoms with van der Waals surface area (Å²) in [5.74, 6) is -7.04. The van der Waals surface area contributed by atoms with Crippen LogP contribution in [0.4, 0.5) is 30.7 Å². The van der Waals surface area contributed by atoms with Gasteiger partial charge in [-0.3, -0.25) is 0 Å². The number of ether oxygens (including phenoxy) is 3. The van der Waals surface area contributed by atoms with E-state index in [4.69, 9.17) is 14.2 Å². The lowest BCUT2D eigenvalue weighted by atomic mass is 9.77. The monoisotopic (exact) mass is 466 g/mol. The highest BCUT2D eigenvalue weighted by Gasteiger charge is 2.48. The lowest BCUT2D eigenvalue weighted by Gasteiger charge is -2.36. The van der Waals surface area contributed by atoms with Crippen LogP contribution in [0, 0.1) is 11.8 Å². The van der Waals surface area contributed by atoms with Crippen LogP contribution in [-0.2, 0) is 14.2 Å². The van der Waals surface area contributed by atoms with Crippen LogP contribution in [-0.4, -0.2) is 62.2 Å². The summed E-state index contributed by atoms with van der Waals surface area (Å²) in [4.78, 5) is 0. The van der Waals surface area contributed by atoms with Gasteiger partial charge in [0.05, 0.1) is 30.5 Å². The van der Waals surface area contributed by atoms with Crippen molar-refractivity contribution < 1.29 is 44.9 Å². The molecule has 0 aromatic rings. The van der Waals surface area contributed by atoms with Gasteiger partial charge in [0, 0.05) is 0 Å². The third kappa shape index (κ3) is 7.72. The maximum atomic E-state index is 13.4. The molecular weight excluding hydrogens is 441 g/mol. The second kappa shape index (κ2) is 11.2. The molecule has 1 saturated carbocycles. The first-order valence-electron chi connectivity index (χ1n) is 9.48. The molecule has 11 heteroatoms. The van der Waals surface area contributed by atoms with Crippen molar-refractivity contribution in [1.82, 2.24) is 0 Å². The highest BCUT2D eigenvalue weighted by Crippen LogP contribution is 2.43. The fourth-order valence-electron chi connectivity index (χ4n) is 3.31. The van der Waals surface area contributed by atoms with Crippen LogP contribution in [0.1, 0.15) is 19.3 Å². The molecular formula is C19H25F7O3S. The molecule has 0 aromatic carbocycles. The van der Waals surface area contributed by atoms with Gasteiger partial charge in [-0.25, -0.2) is 8.78 Å². The van der Waals surface area contributed by atoms with Gasteiger partial charge < -0.3 is 14.2 Å². The Bertz CT molecular complexity index is 575. The first-order chi connectivity index (χ1) is 14.0. The van der Waals surface area contributed by atoms with Crippen LogP contribution in [0.5, 0.6) is 0 Å². The molecule has 2 aliphatic rings. The van der Waals surface area contributed by atoms with E-state index >= 15 is 0 Å². The first kappa shape index (κ1) is 25.5. The molecule has 1 heterocycles. The summed E-state index contributed by atoms with van der Waals surface area (Å²) in [7, 11) is 0.